The number of benzene rings is 2. The second-order valence-corrected chi connectivity index (χ2v) is 10.0. The predicted octanol–water partition coefficient (Wildman–Crippen LogP) is 4.91. The Hall–Kier alpha value is -4.72. The monoisotopic (exact) mass is 617 g/mol. The quantitative estimate of drug-likeness (QED) is 0.274. The van der Waals surface area contributed by atoms with Crippen LogP contribution in [0.4, 0.5) is 26.3 Å². The third kappa shape index (κ3) is 6.59. The molecule has 2 aromatic heterocycles. The molecule has 0 aliphatic carbocycles. The van der Waals surface area contributed by atoms with Gasteiger partial charge in [0.15, 0.2) is 5.69 Å². The Bertz CT molecular complexity index is 1700. The lowest BCUT2D eigenvalue weighted by molar-refractivity contribution is -0.143. The van der Waals surface area contributed by atoms with Crippen molar-refractivity contribution in [2.75, 3.05) is 13.7 Å². The molecule has 0 saturated carbocycles. The molecule has 0 unspecified atom stereocenters. The van der Waals surface area contributed by atoms with Crippen molar-refractivity contribution in [1.29, 1.82) is 0 Å². The van der Waals surface area contributed by atoms with Crippen molar-refractivity contribution in [2.45, 2.75) is 38.2 Å². The SMILES string of the molecule is CNC(=O)c1cc(-c2cccnc2[C@H](Cc2cc(F)cc(F)c2)NC(=O)Cn2nc(C(F)(F)F)c3c2CCOC3)ccc1F. The number of carbonyl (C=O) groups is 2. The third-order valence-electron chi connectivity index (χ3n) is 7.07. The summed E-state index contributed by atoms with van der Waals surface area (Å²) in [4.78, 5) is 30.0. The maximum absolute atomic E-state index is 14.4. The first-order chi connectivity index (χ1) is 20.9. The van der Waals surface area contributed by atoms with E-state index in [2.05, 4.69) is 20.7 Å². The van der Waals surface area contributed by atoms with E-state index in [1.807, 2.05) is 0 Å². The third-order valence-corrected chi connectivity index (χ3v) is 7.07. The number of alkyl halides is 3. The Morgan fingerprint density at radius 2 is 1.82 bits per heavy atom. The first-order valence-electron chi connectivity index (χ1n) is 13.4. The van der Waals surface area contributed by atoms with Crippen LogP contribution in [0.1, 0.15) is 44.6 Å². The van der Waals surface area contributed by atoms with Gasteiger partial charge in [0.2, 0.25) is 5.91 Å². The molecule has 44 heavy (non-hydrogen) atoms. The van der Waals surface area contributed by atoms with Gasteiger partial charge < -0.3 is 15.4 Å². The zero-order valence-electron chi connectivity index (χ0n) is 23.1. The van der Waals surface area contributed by atoms with Crippen molar-refractivity contribution in [1.82, 2.24) is 25.4 Å². The van der Waals surface area contributed by atoms with E-state index >= 15 is 0 Å². The highest BCUT2D eigenvalue weighted by molar-refractivity contribution is 5.95. The van der Waals surface area contributed by atoms with E-state index in [9.17, 15) is 35.9 Å². The molecule has 1 atom stereocenters. The molecular weight excluding hydrogens is 592 g/mol. The lowest BCUT2D eigenvalue weighted by atomic mass is 9.94. The van der Waals surface area contributed by atoms with Crippen LogP contribution in [-0.2, 0) is 41.7 Å². The summed E-state index contributed by atoms with van der Waals surface area (Å²) in [5, 5.41) is 8.74. The maximum Gasteiger partial charge on any atom is 0.435 e. The molecule has 0 fully saturated rings. The standard InChI is InChI=1S/C30H25F6N5O3/c1-37-29(43)21-12-17(4-5-23(21)33)20-3-2-7-38-27(20)24(11-16-9-18(31)13-19(32)10-16)39-26(42)14-41-25-6-8-44-15-22(25)28(40-41)30(34,35)36/h2-5,7,9-10,12-13,24H,6,8,11,14-15H2,1H3,(H,37,43)(H,39,42)/t24-/m0/s1. The molecule has 1 aliphatic rings. The van der Waals surface area contributed by atoms with Gasteiger partial charge in [-0.25, -0.2) is 13.2 Å². The number of hydrogen-bond donors (Lipinski definition) is 2. The van der Waals surface area contributed by atoms with Gasteiger partial charge in [0.1, 0.15) is 24.0 Å². The number of aromatic nitrogens is 3. The van der Waals surface area contributed by atoms with Crippen LogP contribution in [0.3, 0.4) is 0 Å². The van der Waals surface area contributed by atoms with Crippen LogP contribution in [0.25, 0.3) is 11.1 Å². The van der Waals surface area contributed by atoms with Gasteiger partial charge >= 0.3 is 6.18 Å². The van der Waals surface area contributed by atoms with E-state index in [4.69, 9.17) is 4.74 Å². The second kappa shape index (κ2) is 12.5. The Balaban J connectivity index is 1.53. The first-order valence-corrected chi connectivity index (χ1v) is 13.4. The van der Waals surface area contributed by atoms with Crippen LogP contribution in [-0.4, -0.2) is 40.2 Å². The number of nitrogens with one attached hydrogen (secondary N) is 2. The summed E-state index contributed by atoms with van der Waals surface area (Å²) in [5.41, 5.74) is -0.230. The van der Waals surface area contributed by atoms with E-state index in [1.54, 1.807) is 12.1 Å². The largest absolute Gasteiger partial charge is 0.435 e. The number of fused-ring (bicyclic) bond motifs is 1. The Kier molecular flexibility index (Phi) is 8.72. The fourth-order valence-corrected chi connectivity index (χ4v) is 5.16. The van der Waals surface area contributed by atoms with E-state index in [-0.39, 0.29) is 54.1 Å². The topological polar surface area (TPSA) is 98.1 Å². The van der Waals surface area contributed by atoms with Crippen LogP contribution in [0.15, 0.2) is 54.7 Å². The molecule has 8 nitrogen and oxygen atoms in total. The molecular formula is C30H25F6N5O3. The van der Waals surface area contributed by atoms with Crippen LogP contribution >= 0.6 is 0 Å². The number of pyridine rings is 1. The van der Waals surface area contributed by atoms with E-state index in [1.165, 1.54) is 25.4 Å². The number of halogens is 6. The number of ether oxygens (including phenoxy) is 1. The van der Waals surface area contributed by atoms with Crippen molar-refractivity contribution in [3.63, 3.8) is 0 Å². The van der Waals surface area contributed by atoms with Crippen molar-refractivity contribution in [3.05, 3.63) is 106 Å². The molecule has 14 heteroatoms. The van der Waals surface area contributed by atoms with E-state index in [0.29, 0.717) is 17.2 Å². The van der Waals surface area contributed by atoms with Crippen molar-refractivity contribution in [3.8, 4) is 11.1 Å². The highest BCUT2D eigenvalue weighted by atomic mass is 19.4. The maximum atomic E-state index is 14.4. The van der Waals surface area contributed by atoms with Crippen LogP contribution in [0.5, 0.6) is 0 Å². The molecule has 0 saturated heterocycles. The first kappa shape index (κ1) is 30.7. The molecule has 4 aromatic rings. The van der Waals surface area contributed by atoms with Gasteiger partial charge in [0, 0.05) is 42.6 Å². The minimum absolute atomic E-state index is 0.111. The molecule has 0 spiro atoms. The van der Waals surface area contributed by atoms with Gasteiger partial charge in [0.25, 0.3) is 5.91 Å². The highest BCUT2D eigenvalue weighted by Gasteiger charge is 2.40. The minimum Gasteiger partial charge on any atom is -0.376 e. The van der Waals surface area contributed by atoms with Crippen LogP contribution in [0, 0.1) is 17.5 Å². The average molecular weight is 618 g/mol. The summed E-state index contributed by atoms with van der Waals surface area (Å²) in [5.74, 6) is -3.92. The fraction of sp³-hybridized carbons (Fsp3) is 0.267. The molecule has 0 radical (unpaired) electrons. The molecule has 0 bridgehead atoms. The van der Waals surface area contributed by atoms with Gasteiger partial charge in [-0.05, 0) is 47.9 Å². The number of amides is 2. The smallest absolute Gasteiger partial charge is 0.376 e. The van der Waals surface area contributed by atoms with Crippen molar-refractivity contribution < 1.29 is 40.7 Å². The van der Waals surface area contributed by atoms with Gasteiger partial charge in [-0.3, -0.25) is 19.3 Å². The zero-order chi connectivity index (χ0) is 31.6. The normalized spacial score (nSPS) is 13.7. The summed E-state index contributed by atoms with van der Waals surface area (Å²) in [6.45, 7) is -0.739. The number of nitrogens with zero attached hydrogens (tertiary/aromatic N) is 3. The zero-order valence-corrected chi connectivity index (χ0v) is 23.1. The molecule has 5 rings (SSSR count). The summed E-state index contributed by atoms with van der Waals surface area (Å²) in [6, 6.07) is 8.74. The lowest BCUT2D eigenvalue weighted by Crippen LogP contribution is -2.34. The predicted molar refractivity (Wildman–Crippen MR) is 145 cm³/mol. The van der Waals surface area contributed by atoms with Crippen LogP contribution in [0.2, 0.25) is 0 Å². The summed E-state index contributed by atoms with van der Waals surface area (Å²) >= 11 is 0. The Morgan fingerprint density at radius 1 is 1.07 bits per heavy atom. The second-order valence-electron chi connectivity index (χ2n) is 10.0. The fourth-order valence-electron chi connectivity index (χ4n) is 5.16. The number of rotatable bonds is 8. The highest BCUT2D eigenvalue weighted by Crippen LogP contribution is 2.35. The summed E-state index contributed by atoms with van der Waals surface area (Å²) < 4.78 is 89.7. The molecule has 3 heterocycles. The van der Waals surface area contributed by atoms with Crippen molar-refractivity contribution >= 4 is 11.8 Å². The number of carbonyl (C=O) groups excluding carboxylic acids is 2. The van der Waals surface area contributed by atoms with Crippen LogP contribution < -0.4 is 10.6 Å². The molecule has 1 aliphatic heterocycles. The molecule has 230 valence electrons. The molecule has 2 N–H and O–H groups in total. The van der Waals surface area contributed by atoms with E-state index < -0.39 is 53.7 Å². The lowest BCUT2D eigenvalue weighted by Gasteiger charge is -2.22. The van der Waals surface area contributed by atoms with Crippen molar-refractivity contribution in [2.24, 2.45) is 0 Å². The van der Waals surface area contributed by atoms with Gasteiger partial charge in [-0.1, -0.05) is 12.1 Å². The van der Waals surface area contributed by atoms with Gasteiger partial charge in [0.05, 0.1) is 30.5 Å². The molecule has 2 amide bonds. The average Bonchev–Trinajstić information content (AvgIpc) is 3.35. The molecule has 2 aromatic carbocycles. The summed E-state index contributed by atoms with van der Waals surface area (Å²) in [6.07, 6.45) is -3.41. The number of hydrogen-bond acceptors (Lipinski definition) is 5. The van der Waals surface area contributed by atoms with E-state index in [0.717, 1.165) is 22.9 Å². The van der Waals surface area contributed by atoms with Gasteiger partial charge in [-0.2, -0.15) is 18.3 Å². The Morgan fingerprint density at radius 3 is 2.52 bits per heavy atom. The minimum atomic E-state index is -4.76. The summed E-state index contributed by atoms with van der Waals surface area (Å²) in [7, 11) is 1.34. The van der Waals surface area contributed by atoms with Gasteiger partial charge in [-0.15, -0.1) is 0 Å². The Labute approximate surface area is 247 Å².